The molecular formula is C15H12N4OS. The normalized spacial score (nSPS) is 11.0. The van der Waals surface area contributed by atoms with Crippen LogP contribution < -0.4 is 5.32 Å². The third-order valence-corrected chi connectivity index (χ3v) is 3.11. The average Bonchev–Trinajstić information content (AvgIpc) is 2.81. The number of rotatable bonds is 2. The summed E-state index contributed by atoms with van der Waals surface area (Å²) in [6.45, 7) is 0. The summed E-state index contributed by atoms with van der Waals surface area (Å²) in [5.74, 6) is -0.0255. The van der Waals surface area contributed by atoms with Gasteiger partial charge in [0.25, 0.3) is 0 Å². The van der Waals surface area contributed by atoms with Gasteiger partial charge in [-0.05, 0) is 30.4 Å². The molecule has 3 N–H and O–H groups in total. The number of nitrogens with one attached hydrogen (secondary N) is 2. The van der Waals surface area contributed by atoms with Crippen molar-refractivity contribution in [3.8, 4) is 5.88 Å². The van der Waals surface area contributed by atoms with Gasteiger partial charge in [0.1, 0.15) is 0 Å². The summed E-state index contributed by atoms with van der Waals surface area (Å²) in [4.78, 5) is 2.84. The summed E-state index contributed by atoms with van der Waals surface area (Å²) >= 11 is 5.11. The molecule has 3 rings (SSSR count). The number of aromatic hydroxyl groups is 1. The number of anilines is 1. The SMILES string of the molecule is Oc1[nH]c2ccccc2c1N=NC(=S)Nc1ccccc1. The molecule has 1 aromatic heterocycles. The van der Waals surface area contributed by atoms with Crippen molar-refractivity contribution in [3.05, 3.63) is 54.6 Å². The van der Waals surface area contributed by atoms with Gasteiger partial charge in [-0.25, -0.2) is 0 Å². The topological polar surface area (TPSA) is 72.8 Å². The van der Waals surface area contributed by atoms with Gasteiger partial charge in [0.05, 0.1) is 5.52 Å². The number of aromatic amines is 1. The number of hydrogen-bond donors (Lipinski definition) is 3. The first kappa shape index (κ1) is 13.3. The minimum Gasteiger partial charge on any atom is -0.493 e. The van der Waals surface area contributed by atoms with E-state index in [4.69, 9.17) is 12.2 Å². The summed E-state index contributed by atoms with van der Waals surface area (Å²) in [6.07, 6.45) is 0. The Morgan fingerprint density at radius 2 is 1.76 bits per heavy atom. The zero-order chi connectivity index (χ0) is 14.7. The van der Waals surface area contributed by atoms with Crippen LogP contribution in [0.15, 0.2) is 64.8 Å². The Kier molecular flexibility index (Phi) is 3.61. The highest BCUT2D eigenvalue weighted by molar-refractivity contribution is 7.80. The molecule has 0 spiro atoms. The van der Waals surface area contributed by atoms with Crippen LogP contribution in [0.5, 0.6) is 5.88 Å². The van der Waals surface area contributed by atoms with E-state index in [-0.39, 0.29) is 11.0 Å². The van der Waals surface area contributed by atoms with Gasteiger partial charge in [0, 0.05) is 11.1 Å². The van der Waals surface area contributed by atoms with Gasteiger partial charge in [0.15, 0.2) is 5.69 Å². The zero-order valence-electron chi connectivity index (χ0n) is 10.9. The molecule has 0 bridgehead atoms. The number of thiocarbonyl (C=S) groups is 1. The van der Waals surface area contributed by atoms with E-state index >= 15 is 0 Å². The lowest BCUT2D eigenvalue weighted by atomic mass is 10.2. The second kappa shape index (κ2) is 5.72. The molecule has 3 aromatic rings. The quantitative estimate of drug-likeness (QED) is 0.486. The molecule has 0 saturated carbocycles. The van der Waals surface area contributed by atoms with Crippen LogP contribution in [0.4, 0.5) is 11.4 Å². The highest BCUT2D eigenvalue weighted by atomic mass is 32.1. The van der Waals surface area contributed by atoms with Crippen molar-refractivity contribution in [2.75, 3.05) is 5.32 Å². The molecule has 6 heteroatoms. The zero-order valence-corrected chi connectivity index (χ0v) is 11.8. The second-order valence-corrected chi connectivity index (χ2v) is 4.75. The van der Waals surface area contributed by atoms with Crippen molar-refractivity contribution in [2.45, 2.75) is 0 Å². The fourth-order valence-corrected chi connectivity index (χ4v) is 2.14. The molecule has 0 aliphatic carbocycles. The van der Waals surface area contributed by atoms with Gasteiger partial charge in [-0.3, -0.25) is 0 Å². The summed E-state index contributed by atoms with van der Waals surface area (Å²) < 4.78 is 0. The number of aromatic nitrogens is 1. The molecule has 0 unspecified atom stereocenters. The van der Waals surface area contributed by atoms with E-state index in [1.807, 2.05) is 54.6 Å². The van der Waals surface area contributed by atoms with Crippen molar-refractivity contribution in [2.24, 2.45) is 10.2 Å². The van der Waals surface area contributed by atoms with Crippen molar-refractivity contribution in [3.63, 3.8) is 0 Å². The van der Waals surface area contributed by atoms with E-state index in [1.165, 1.54) is 0 Å². The highest BCUT2D eigenvalue weighted by Crippen LogP contribution is 2.35. The van der Waals surface area contributed by atoms with E-state index in [1.54, 1.807) is 0 Å². The fraction of sp³-hybridized carbons (Fsp3) is 0. The highest BCUT2D eigenvalue weighted by Gasteiger charge is 2.09. The Labute approximate surface area is 126 Å². The van der Waals surface area contributed by atoms with Crippen LogP contribution in [0, 0.1) is 0 Å². The summed E-state index contributed by atoms with van der Waals surface area (Å²) in [5, 5.41) is 21.8. The number of azo groups is 1. The fourth-order valence-electron chi connectivity index (χ4n) is 1.98. The van der Waals surface area contributed by atoms with E-state index in [0.29, 0.717) is 5.69 Å². The Hall–Kier alpha value is -2.73. The lowest BCUT2D eigenvalue weighted by Crippen LogP contribution is -2.04. The van der Waals surface area contributed by atoms with Crippen molar-refractivity contribution >= 4 is 39.6 Å². The number of hydrogen-bond acceptors (Lipinski definition) is 3. The third-order valence-electron chi connectivity index (χ3n) is 2.93. The Balaban J connectivity index is 1.81. The minimum absolute atomic E-state index is 0.0255. The molecule has 0 atom stereocenters. The van der Waals surface area contributed by atoms with Crippen LogP contribution in [-0.4, -0.2) is 15.2 Å². The van der Waals surface area contributed by atoms with Gasteiger partial charge in [-0.15, -0.1) is 10.2 Å². The summed E-state index contributed by atoms with van der Waals surface area (Å²) in [5.41, 5.74) is 2.01. The number of H-pyrrole nitrogens is 1. The van der Waals surface area contributed by atoms with E-state index in [0.717, 1.165) is 16.6 Å². The summed E-state index contributed by atoms with van der Waals surface area (Å²) in [7, 11) is 0. The summed E-state index contributed by atoms with van der Waals surface area (Å²) in [6, 6.07) is 16.9. The average molecular weight is 296 g/mol. The lowest BCUT2D eigenvalue weighted by molar-refractivity contribution is 0.459. The van der Waals surface area contributed by atoms with E-state index in [9.17, 15) is 5.11 Å². The molecule has 0 amide bonds. The largest absolute Gasteiger partial charge is 0.493 e. The molecule has 0 aliphatic heterocycles. The van der Waals surface area contributed by atoms with Crippen molar-refractivity contribution in [1.82, 2.24) is 4.98 Å². The van der Waals surface area contributed by atoms with Gasteiger partial charge < -0.3 is 15.4 Å². The molecular weight excluding hydrogens is 284 g/mol. The van der Waals surface area contributed by atoms with Crippen LogP contribution in [0.3, 0.4) is 0 Å². The van der Waals surface area contributed by atoms with Gasteiger partial charge >= 0.3 is 0 Å². The standard InChI is InChI=1S/C15H12N4OS/c20-14-13(11-8-4-5-9-12(11)17-14)18-19-15(21)16-10-6-2-1-3-7-10/h1-9,17,20H,(H,16,21). The first-order valence-corrected chi connectivity index (χ1v) is 6.72. The molecule has 0 radical (unpaired) electrons. The second-order valence-electron chi connectivity index (χ2n) is 4.36. The first-order chi connectivity index (χ1) is 10.2. The predicted octanol–water partition coefficient (Wildman–Crippen LogP) is 4.35. The molecule has 2 aromatic carbocycles. The smallest absolute Gasteiger partial charge is 0.218 e. The molecule has 21 heavy (non-hydrogen) atoms. The van der Waals surface area contributed by atoms with Gasteiger partial charge in [-0.1, -0.05) is 36.4 Å². The number of para-hydroxylation sites is 2. The number of nitrogens with zero attached hydrogens (tertiary/aromatic N) is 2. The van der Waals surface area contributed by atoms with Crippen LogP contribution in [0.2, 0.25) is 0 Å². The van der Waals surface area contributed by atoms with Gasteiger partial charge in [-0.2, -0.15) is 0 Å². The molecule has 0 aliphatic rings. The Bertz CT molecular complexity index is 811. The monoisotopic (exact) mass is 296 g/mol. The predicted molar refractivity (Wildman–Crippen MR) is 87.1 cm³/mol. The van der Waals surface area contributed by atoms with Crippen LogP contribution in [0.1, 0.15) is 0 Å². The maximum atomic E-state index is 9.86. The number of fused-ring (bicyclic) bond motifs is 1. The molecule has 104 valence electrons. The Morgan fingerprint density at radius 3 is 2.57 bits per heavy atom. The van der Waals surface area contributed by atoms with Crippen LogP contribution >= 0.6 is 12.2 Å². The molecule has 5 nitrogen and oxygen atoms in total. The van der Waals surface area contributed by atoms with Crippen molar-refractivity contribution in [1.29, 1.82) is 0 Å². The Morgan fingerprint density at radius 1 is 1.05 bits per heavy atom. The molecule has 0 saturated heterocycles. The third kappa shape index (κ3) is 2.90. The van der Waals surface area contributed by atoms with Crippen molar-refractivity contribution < 1.29 is 5.11 Å². The number of benzene rings is 2. The maximum Gasteiger partial charge on any atom is 0.218 e. The van der Waals surface area contributed by atoms with Crippen LogP contribution in [-0.2, 0) is 0 Å². The van der Waals surface area contributed by atoms with E-state index in [2.05, 4.69) is 20.5 Å². The molecule has 0 fully saturated rings. The minimum atomic E-state index is -0.0255. The van der Waals surface area contributed by atoms with Gasteiger partial charge in [0.2, 0.25) is 11.0 Å². The molecule has 1 heterocycles. The lowest BCUT2D eigenvalue weighted by Gasteiger charge is -2.01. The maximum absolute atomic E-state index is 9.86. The first-order valence-electron chi connectivity index (χ1n) is 6.31. The van der Waals surface area contributed by atoms with E-state index < -0.39 is 0 Å². The van der Waals surface area contributed by atoms with Crippen LogP contribution in [0.25, 0.3) is 10.9 Å².